The Morgan fingerprint density at radius 2 is 2.07 bits per heavy atom. The van der Waals surface area contributed by atoms with Gasteiger partial charge in [0.1, 0.15) is 5.82 Å². The highest BCUT2D eigenvalue weighted by Gasteiger charge is 2.18. The van der Waals surface area contributed by atoms with Gasteiger partial charge in [-0.2, -0.15) is 5.10 Å². The largest absolute Gasteiger partial charge is 0.369 e. The van der Waals surface area contributed by atoms with Gasteiger partial charge in [-0.25, -0.2) is 0 Å². The zero-order valence-electron chi connectivity index (χ0n) is 8.66. The highest BCUT2D eigenvalue weighted by Crippen LogP contribution is 2.32. The molecule has 0 spiro atoms. The van der Waals surface area contributed by atoms with Crippen molar-refractivity contribution in [1.82, 2.24) is 10.2 Å². The minimum Gasteiger partial charge on any atom is -0.369 e. The number of nitrogens with one attached hydrogen (secondary N) is 1. The van der Waals surface area contributed by atoms with E-state index < -0.39 is 0 Å². The van der Waals surface area contributed by atoms with Gasteiger partial charge in [0.2, 0.25) is 0 Å². The van der Waals surface area contributed by atoms with Crippen LogP contribution >= 0.6 is 0 Å². The maximum Gasteiger partial charge on any atom is 0.148 e. The van der Waals surface area contributed by atoms with Gasteiger partial charge in [-0.15, -0.1) is 5.10 Å². The number of hydrogen-bond donors (Lipinski definition) is 1. The minimum absolute atomic E-state index is 0.665. The summed E-state index contributed by atoms with van der Waals surface area (Å²) in [6, 6.07) is 4.14. The van der Waals surface area contributed by atoms with E-state index in [1.807, 2.05) is 6.07 Å². The van der Waals surface area contributed by atoms with Crippen molar-refractivity contribution < 1.29 is 0 Å². The van der Waals surface area contributed by atoms with Crippen molar-refractivity contribution in [2.75, 3.05) is 11.9 Å². The van der Waals surface area contributed by atoms with E-state index in [0.29, 0.717) is 5.92 Å². The molecular weight excluding hydrogens is 174 g/mol. The van der Waals surface area contributed by atoms with Gasteiger partial charge in [0, 0.05) is 12.5 Å². The second kappa shape index (κ2) is 4.40. The molecule has 3 heteroatoms. The van der Waals surface area contributed by atoms with Crippen LogP contribution in [0.1, 0.15) is 44.2 Å². The fourth-order valence-corrected chi connectivity index (χ4v) is 2.06. The monoisotopic (exact) mass is 191 g/mol. The standard InChI is InChI=1S/C11H17N3/c1-2-12-11-8-7-10(13-14-11)9-5-3-4-6-9/h7-9H,2-6H2,1H3,(H,12,14). The fourth-order valence-electron chi connectivity index (χ4n) is 2.06. The summed E-state index contributed by atoms with van der Waals surface area (Å²) in [4.78, 5) is 0. The maximum atomic E-state index is 4.27. The van der Waals surface area contributed by atoms with Crippen LogP contribution in [0.2, 0.25) is 0 Å². The molecule has 3 nitrogen and oxygen atoms in total. The molecule has 1 N–H and O–H groups in total. The molecule has 1 aromatic rings. The molecular formula is C11H17N3. The summed E-state index contributed by atoms with van der Waals surface area (Å²) < 4.78 is 0. The molecule has 0 saturated heterocycles. The maximum absolute atomic E-state index is 4.27. The molecule has 0 radical (unpaired) electrons. The zero-order chi connectivity index (χ0) is 9.80. The van der Waals surface area contributed by atoms with Crippen LogP contribution in [-0.4, -0.2) is 16.7 Å². The Balaban J connectivity index is 2.05. The molecule has 76 valence electrons. The normalized spacial score (nSPS) is 17.2. The van der Waals surface area contributed by atoms with Gasteiger partial charge in [-0.3, -0.25) is 0 Å². The van der Waals surface area contributed by atoms with E-state index in [9.17, 15) is 0 Å². The van der Waals surface area contributed by atoms with Crippen LogP contribution < -0.4 is 5.32 Å². The molecule has 0 aromatic carbocycles. The first-order valence-corrected chi connectivity index (χ1v) is 5.47. The molecule has 2 rings (SSSR count). The highest BCUT2D eigenvalue weighted by molar-refractivity contribution is 5.33. The lowest BCUT2D eigenvalue weighted by molar-refractivity contribution is 0.681. The van der Waals surface area contributed by atoms with Gasteiger partial charge in [0.15, 0.2) is 0 Å². The summed E-state index contributed by atoms with van der Waals surface area (Å²) in [6.45, 7) is 2.96. The van der Waals surface area contributed by atoms with E-state index in [-0.39, 0.29) is 0 Å². The molecule has 1 aromatic heterocycles. The predicted octanol–water partition coefficient (Wildman–Crippen LogP) is 2.57. The number of anilines is 1. The molecule has 0 bridgehead atoms. The Bertz CT molecular complexity index is 275. The van der Waals surface area contributed by atoms with Crippen LogP contribution in [0.3, 0.4) is 0 Å². The average molecular weight is 191 g/mol. The number of hydrogen-bond acceptors (Lipinski definition) is 3. The van der Waals surface area contributed by atoms with Crippen molar-refractivity contribution in [1.29, 1.82) is 0 Å². The number of aromatic nitrogens is 2. The summed E-state index contributed by atoms with van der Waals surface area (Å²) >= 11 is 0. The van der Waals surface area contributed by atoms with Crippen LogP contribution in [0.5, 0.6) is 0 Å². The molecule has 1 saturated carbocycles. The smallest absolute Gasteiger partial charge is 0.148 e. The molecule has 1 fully saturated rings. The lowest BCUT2D eigenvalue weighted by Crippen LogP contribution is -2.03. The van der Waals surface area contributed by atoms with E-state index >= 15 is 0 Å². The van der Waals surface area contributed by atoms with Crippen molar-refractivity contribution in [3.63, 3.8) is 0 Å². The Labute approximate surface area is 84.9 Å². The third kappa shape index (κ3) is 2.03. The average Bonchev–Trinajstić information content (AvgIpc) is 2.72. The Morgan fingerprint density at radius 3 is 2.64 bits per heavy atom. The third-order valence-corrected chi connectivity index (χ3v) is 2.82. The van der Waals surface area contributed by atoms with Crippen LogP contribution in [-0.2, 0) is 0 Å². The van der Waals surface area contributed by atoms with Crippen LogP contribution in [0.15, 0.2) is 12.1 Å². The van der Waals surface area contributed by atoms with E-state index in [1.54, 1.807) is 0 Å². The molecule has 14 heavy (non-hydrogen) atoms. The molecule has 0 aliphatic heterocycles. The molecule has 0 amide bonds. The summed E-state index contributed by atoms with van der Waals surface area (Å²) in [5.41, 5.74) is 1.17. The van der Waals surface area contributed by atoms with Gasteiger partial charge in [0.25, 0.3) is 0 Å². The lowest BCUT2D eigenvalue weighted by Gasteiger charge is -2.07. The van der Waals surface area contributed by atoms with Gasteiger partial charge in [-0.05, 0) is 31.9 Å². The first-order chi connectivity index (χ1) is 6.90. The van der Waals surface area contributed by atoms with E-state index in [2.05, 4.69) is 28.5 Å². The number of rotatable bonds is 3. The van der Waals surface area contributed by atoms with E-state index in [0.717, 1.165) is 12.4 Å². The Hall–Kier alpha value is -1.12. The van der Waals surface area contributed by atoms with Crippen LogP contribution in [0, 0.1) is 0 Å². The van der Waals surface area contributed by atoms with Crippen molar-refractivity contribution in [3.8, 4) is 0 Å². The summed E-state index contributed by atoms with van der Waals surface area (Å²) in [5.74, 6) is 1.55. The van der Waals surface area contributed by atoms with Crippen molar-refractivity contribution in [2.24, 2.45) is 0 Å². The summed E-state index contributed by atoms with van der Waals surface area (Å²) in [6.07, 6.45) is 5.27. The van der Waals surface area contributed by atoms with Gasteiger partial charge < -0.3 is 5.32 Å². The lowest BCUT2D eigenvalue weighted by atomic mass is 10.0. The molecule has 1 heterocycles. The summed E-state index contributed by atoms with van der Waals surface area (Å²) in [7, 11) is 0. The topological polar surface area (TPSA) is 37.8 Å². The molecule has 0 atom stereocenters. The van der Waals surface area contributed by atoms with Gasteiger partial charge >= 0.3 is 0 Å². The number of nitrogens with zero attached hydrogens (tertiary/aromatic N) is 2. The van der Waals surface area contributed by atoms with Crippen LogP contribution in [0.25, 0.3) is 0 Å². The minimum atomic E-state index is 0.665. The van der Waals surface area contributed by atoms with Gasteiger partial charge in [0.05, 0.1) is 5.69 Å². The first-order valence-electron chi connectivity index (χ1n) is 5.47. The molecule has 1 aliphatic rings. The zero-order valence-corrected chi connectivity index (χ0v) is 8.66. The van der Waals surface area contributed by atoms with Crippen LogP contribution in [0.4, 0.5) is 5.82 Å². The highest BCUT2D eigenvalue weighted by atomic mass is 15.2. The second-order valence-corrected chi connectivity index (χ2v) is 3.86. The van der Waals surface area contributed by atoms with E-state index in [4.69, 9.17) is 0 Å². The second-order valence-electron chi connectivity index (χ2n) is 3.86. The molecule has 0 unspecified atom stereocenters. The van der Waals surface area contributed by atoms with Crippen molar-refractivity contribution in [3.05, 3.63) is 17.8 Å². The van der Waals surface area contributed by atoms with Crippen molar-refractivity contribution >= 4 is 5.82 Å². The quantitative estimate of drug-likeness (QED) is 0.798. The Morgan fingerprint density at radius 1 is 1.29 bits per heavy atom. The van der Waals surface area contributed by atoms with Gasteiger partial charge in [-0.1, -0.05) is 12.8 Å². The third-order valence-electron chi connectivity index (χ3n) is 2.82. The summed E-state index contributed by atoms with van der Waals surface area (Å²) in [5, 5.41) is 11.6. The van der Waals surface area contributed by atoms with Crippen molar-refractivity contribution in [2.45, 2.75) is 38.5 Å². The first kappa shape index (κ1) is 9.44. The fraction of sp³-hybridized carbons (Fsp3) is 0.636. The predicted molar refractivity (Wildman–Crippen MR) is 57.4 cm³/mol. The molecule has 1 aliphatic carbocycles. The SMILES string of the molecule is CCNc1ccc(C2CCCC2)nn1. The Kier molecular flexibility index (Phi) is 2.96. The van der Waals surface area contributed by atoms with E-state index in [1.165, 1.54) is 31.4 Å².